The average Bonchev–Trinajstić information content (AvgIpc) is 2.97. The van der Waals surface area contributed by atoms with E-state index >= 15 is 0 Å². The number of unbranched alkanes of at least 4 members (excludes halogenated alkanes) is 5. The molecule has 3 aromatic carbocycles. The molecule has 0 saturated carbocycles. The molecule has 0 radical (unpaired) electrons. The van der Waals surface area contributed by atoms with Gasteiger partial charge in [-0.3, -0.25) is 9.59 Å². The largest absolute Gasteiger partial charge is 0.490 e. The fourth-order valence-corrected chi connectivity index (χ4v) is 4.91. The molecule has 1 aliphatic heterocycles. The van der Waals surface area contributed by atoms with Gasteiger partial charge in [0.25, 0.3) is 11.8 Å². The lowest BCUT2D eigenvalue weighted by atomic mass is 10.0. The van der Waals surface area contributed by atoms with E-state index in [0.29, 0.717) is 46.7 Å². The number of hydrogen-bond donors (Lipinski definition) is 0. The molecule has 1 fully saturated rings. The molecule has 0 spiro atoms. The number of hydrogen-bond acceptors (Lipinski definition) is 5. The van der Waals surface area contributed by atoms with Gasteiger partial charge in [-0.25, -0.2) is 14.6 Å². The SMILES string of the molecule is CCCCCCCCOc1c(Cl)cc(C=C2C(=O)N(c3ccccc3)C(=O)N(c3ccccc3)C2=O)cc1OCC. The molecule has 4 rings (SSSR count). The first kappa shape index (κ1) is 29.9. The van der Waals surface area contributed by atoms with Gasteiger partial charge < -0.3 is 9.47 Å². The van der Waals surface area contributed by atoms with Gasteiger partial charge in [0.2, 0.25) is 0 Å². The number of halogens is 1. The molecular formula is C33H35ClN2O5. The Bertz CT molecular complexity index is 1330. The van der Waals surface area contributed by atoms with Crippen LogP contribution in [0.2, 0.25) is 5.02 Å². The lowest BCUT2D eigenvalue weighted by molar-refractivity contribution is -0.121. The van der Waals surface area contributed by atoms with Gasteiger partial charge in [-0.2, -0.15) is 0 Å². The summed E-state index contributed by atoms with van der Waals surface area (Å²) in [5.41, 5.74) is 0.996. The Labute approximate surface area is 246 Å². The van der Waals surface area contributed by atoms with Crippen molar-refractivity contribution in [3.63, 3.8) is 0 Å². The lowest BCUT2D eigenvalue weighted by Crippen LogP contribution is -2.57. The van der Waals surface area contributed by atoms with E-state index in [-0.39, 0.29) is 5.57 Å². The third kappa shape index (κ3) is 7.16. The van der Waals surface area contributed by atoms with Crippen LogP contribution in [-0.4, -0.2) is 31.1 Å². The van der Waals surface area contributed by atoms with Crippen molar-refractivity contribution in [2.45, 2.75) is 52.4 Å². The zero-order valence-corrected chi connectivity index (χ0v) is 24.2. The van der Waals surface area contributed by atoms with Crippen molar-refractivity contribution in [1.82, 2.24) is 0 Å². The van der Waals surface area contributed by atoms with Gasteiger partial charge in [0.1, 0.15) is 5.57 Å². The number of barbiturate groups is 1. The highest BCUT2D eigenvalue weighted by Gasteiger charge is 2.43. The Morgan fingerprint density at radius 2 is 1.29 bits per heavy atom. The molecule has 214 valence electrons. The normalized spacial score (nSPS) is 13.5. The number of urea groups is 1. The number of ether oxygens (including phenoxy) is 2. The minimum absolute atomic E-state index is 0.184. The molecule has 0 aliphatic carbocycles. The zero-order valence-electron chi connectivity index (χ0n) is 23.5. The Hall–Kier alpha value is -4.10. The topological polar surface area (TPSA) is 76.2 Å². The maximum absolute atomic E-state index is 13.7. The van der Waals surface area contributed by atoms with E-state index in [2.05, 4.69) is 6.92 Å². The summed E-state index contributed by atoms with van der Waals surface area (Å²) in [6, 6.07) is 19.6. The van der Waals surface area contributed by atoms with Crippen molar-refractivity contribution in [2.24, 2.45) is 0 Å². The summed E-state index contributed by atoms with van der Waals surface area (Å²) in [6.07, 6.45) is 8.24. The van der Waals surface area contributed by atoms with Crippen molar-refractivity contribution in [3.05, 3.63) is 89.0 Å². The summed E-state index contributed by atoms with van der Waals surface area (Å²) in [5, 5.41) is 0.306. The highest BCUT2D eigenvalue weighted by Crippen LogP contribution is 2.38. The Kier molecular flexibility index (Phi) is 10.6. The molecule has 8 heteroatoms. The first-order valence-electron chi connectivity index (χ1n) is 14.1. The number of nitrogens with zero attached hydrogens (tertiary/aromatic N) is 2. The fourth-order valence-electron chi connectivity index (χ4n) is 4.64. The number of rotatable bonds is 13. The number of benzene rings is 3. The van der Waals surface area contributed by atoms with E-state index in [1.54, 1.807) is 72.8 Å². The minimum Gasteiger partial charge on any atom is -0.490 e. The summed E-state index contributed by atoms with van der Waals surface area (Å²) in [5.74, 6) is -0.603. The average molecular weight is 575 g/mol. The summed E-state index contributed by atoms with van der Waals surface area (Å²) in [6.45, 7) is 4.92. The third-order valence-electron chi connectivity index (χ3n) is 6.67. The highest BCUT2D eigenvalue weighted by molar-refractivity contribution is 6.46. The number of imide groups is 2. The van der Waals surface area contributed by atoms with Crippen molar-refractivity contribution in [2.75, 3.05) is 23.0 Å². The van der Waals surface area contributed by atoms with Crippen LogP contribution >= 0.6 is 11.6 Å². The van der Waals surface area contributed by atoms with E-state index in [1.165, 1.54) is 31.8 Å². The standard InChI is InChI=1S/C33H35ClN2O5/c1-3-5-6-7-8-15-20-41-30-28(34)22-24(23-29(30)40-4-2)21-27-31(37)35(25-16-11-9-12-17-25)33(39)36(32(27)38)26-18-13-10-14-19-26/h9-14,16-19,21-23H,3-8,15,20H2,1-2H3. The lowest BCUT2D eigenvalue weighted by Gasteiger charge is -2.34. The molecule has 1 aliphatic rings. The van der Waals surface area contributed by atoms with Crippen molar-refractivity contribution < 1.29 is 23.9 Å². The van der Waals surface area contributed by atoms with Crippen LogP contribution in [-0.2, 0) is 9.59 Å². The van der Waals surface area contributed by atoms with Gasteiger partial charge in [-0.1, -0.05) is 87.0 Å². The van der Waals surface area contributed by atoms with Gasteiger partial charge in [0, 0.05) is 0 Å². The second-order valence-corrected chi connectivity index (χ2v) is 10.1. The van der Waals surface area contributed by atoms with Crippen LogP contribution in [0, 0.1) is 0 Å². The van der Waals surface area contributed by atoms with Crippen LogP contribution < -0.4 is 19.3 Å². The van der Waals surface area contributed by atoms with Crippen LogP contribution in [0.3, 0.4) is 0 Å². The molecule has 1 saturated heterocycles. The predicted octanol–water partition coefficient (Wildman–Crippen LogP) is 8.06. The Morgan fingerprint density at radius 1 is 0.732 bits per heavy atom. The highest BCUT2D eigenvalue weighted by atomic mass is 35.5. The van der Waals surface area contributed by atoms with E-state index < -0.39 is 17.8 Å². The molecule has 0 N–H and O–H groups in total. The summed E-state index contributed by atoms with van der Waals surface area (Å²) < 4.78 is 11.8. The number of amides is 4. The second kappa shape index (κ2) is 14.5. The molecule has 0 bridgehead atoms. The first-order chi connectivity index (χ1) is 20.0. The molecule has 0 atom stereocenters. The fraction of sp³-hybridized carbons (Fsp3) is 0.303. The second-order valence-electron chi connectivity index (χ2n) is 9.67. The quantitative estimate of drug-likeness (QED) is 0.117. The van der Waals surface area contributed by atoms with Gasteiger partial charge in [-0.15, -0.1) is 0 Å². The number of para-hydroxylation sites is 2. The van der Waals surface area contributed by atoms with Crippen LogP contribution in [0.1, 0.15) is 57.9 Å². The monoisotopic (exact) mass is 574 g/mol. The van der Waals surface area contributed by atoms with Crippen LogP contribution in [0.4, 0.5) is 16.2 Å². The van der Waals surface area contributed by atoms with Crippen molar-refractivity contribution in [3.8, 4) is 11.5 Å². The first-order valence-corrected chi connectivity index (χ1v) is 14.5. The predicted molar refractivity (Wildman–Crippen MR) is 163 cm³/mol. The molecule has 3 aromatic rings. The Balaban J connectivity index is 1.66. The molecule has 4 amide bonds. The molecule has 7 nitrogen and oxygen atoms in total. The molecular weight excluding hydrogens is 540 g/mol. The zero-order chi connectivity index (χ0) is 29.2. The van der Waals surface area contributed by atoms with Gasteiger partial charge in [0.15, 0.2) is 11.5 Å². The van der Waals surface area contributed by atoms with Crippen LogP contribution in [0.25, 0.3) is 6.08 Å². The number of carbonyl (C=O) groups is 3. The molecule has 41 heavy (non-hydrogen) atoms. The van der Waals surface area contributed by atoms with Crippen molar-refractivity contribution >= 4 is 46.9 Å². The molecule has 1 heterocycles. The molecule has 0 aromatic heterocycles. The Morgan fingerprint density at radius 3 is 1.85 bits per heavy atom. The van der Waals surface area contributed by atoms with E-state index in [9.17, 15) is 14.4 Å². The van der Waals surface area contributed by atoms with Crippen molar-refractivity contribution in [1.29, 1.82) is 0 Å². The summed E-state index contributed by atoms with van der Waals surface area (Å²) >= 11 is 6.64. The van der Waals surface area contributed by atoms with Gasteiger partial charge >= 0.3 is 6.03 Å². The number of carbonyl (C=O) groups excluding carboxylic acids is 3. The van der Waals surface area contributed by atoms with E-state index in [4.69, 9.17) is 21.1 Å². The number of anilines is 2. The van der Waals surface area contributed by atoms with Gasteiger partial charge in [0.05, 0.1) is 29.6 Å². The van der Waals surface area contributed by atoms with E-state index in [1.807, 2.05) is 6.92 Å². The van der Waals surface area contributed by atoms with Crippen LogP contribution in [0.5, 0.6) is 11.5 Å². The summed E-state index contributed by atoms with van der Waals surface area (Å²) in [7, 11) is 0. The smallest absolute Gasteiger partial charge is 0.343 e. The molecule has 0 unspecified atom stereocenters. The summed E-state index contributed by atoms with van der Waals surface area (Å²) in [4.78, 5) is 42.8. The van der Waals surface area contributed by atoms with Crippen LogP contribution in [0.15, 0.2) is 78.4 Å². The van der Waals surface area contributed by atoms with Gasteiger partial charge in [-0.05, 0) is 61.4 Å². The third-order valence-corrected chi connectivity index (χ3v) is 6.95. The maximum atomic E-state index is 13.7. The van der Waals surface area contributed by atoms with E-state index in [0.717, 1.165) is 22.6 Å². The minimum atomic E-state index is -0.749. The maximum Gasteiger partial charge on any atom is 0.343 e.